The summed E-state index contributed by atoms with van der Waals surface area (Å²) in [6, 6.07) is 14.4. The zero-order valence-corrected chi connectivity index (χ0v) is 11.8. The summed E-state index contributed by atoms with van der Waals surface area (Å²) >= 11 is 0. The molecule has 23 heavy (non-hydrogen) atoms. The average molecular weight is 316 g/mol. The zero-order chi connectivity index (χ0) is 16.8. The number of rotatable bonds is 2. The van der Waals surface area contributed by atoms with Crippen molar-refractivity contribution in [1.29, 1.82) is 0 Å². The maximum Gasteiger partial charge on any atom is 0.339 e. The zero-order valence-electron chi connectivity index (χ0n) is 11.8. The highest BCUT2D eigenvalue weighted by molar-refractivity contribution is 5.90. The number of aromatic nitrogens is 1. The lowest BCUT2D eigenvalue weighted by Gasteiger charge is -2.00. The van der Waals surface area contributed by atoms with Crippen molar-refractivity contribution in [3.63, 3.8) is 0 Å². The van der Waals surface area contributed by atoms with E-state index in [9.17, 15) is 14.0 Å². The van der Waals surface area contributed by atoms with E-state index in [1.807, 2.05) is 0 Å². The number of nitrogens with two attached hydrogens (primary N) is 1. The molecule has 118 valence electrons. The van der Waals surface area contributed by atoms with Gasteiger partial charge in [0.25, 0.3) is 5.56 Å². The van der Waals surface area contributed by atoms with Gasteiger partial charge in [-0.2, -0.15) is 5.90 Å². The number of hydrogen-bond donors (Lipinski definition) is 3. The number of aromatic carboxylic acids is 1. The van der Waals surface area contributed by atoms with E-state index in [1.165, 1.54) is 18.2 Å². The van der Waals surface area contributed by atoms with Gasteiger partial charge in [0.1, 0.15) is 5.56 Å². The fraction of sp³-hybridized carbons (Fsp3) is 0. The number of H-pyrrole nitrogens is 1. The standard InChI is InChI=1S/C9H6FNO.C7H7NO3/c10-7-5-6-3-1-2-4-8(6)11-9(7)12;8-11-6-4-2-1-3-5(6)7(9)10/h1-5H,(H,11,12);1-4H,8H2,(H,9,10). The third-order valence-corrected chi connectivity index (χ3v) is 2.95. The van der Waals surface area contributed by atoms with E-state index < -0.39 is 17.3 Å². The summed E-state index contributed by atoms with van der Waals surface area (Å²) in [5.74, 6) is 3.20. The molecule has 0 radical (unpaired) electrons. The van der Waals surface area contributed by atoms with Crippen molar-refractivity contribution in [3.05, 3.63) is 76.3 Å². The summed E-state index contributed by atoms with van der Waals surface area (Å²) in [5, 5.41) is 9.26. The van der Waals surface area contributed by atoms with Crippen molar-refractivity contribution >= 4 is 16.9 Å². The molecule has 7 heteroatoms. The number of carbonyl (C=O) groups is 1. The van der Waals surface area contributed by atoms with Crippen LogP contribution in [0.4, 0.5) is 4.39 Å². The van der Waals surface area contributed by atoms with E-state index in [2.05, 4.69) is 9.82 Å². The van der Waals surface area contributed by atoms with E-state index in [-0.39, 0.29) is 11.3 Å². The first-order valence-electron chi connectivity index (χ1n) is 6.49. The first-order valence-corrected chi connectivity index (χ1v) is 6.49. The molecule has 4 N–H and O–H groups in total. The molecule has 3 aromatic rings. The Bertz CT molecular complexity index is 892. The highest BCUT2D eigenvalue weighted by atomic mass is 19.1. The summed E-state index contributed by atoms with van der Waals surface area (Å²) < 4.78 is 12.7. The molecule has 0 aliphatic heterocycles. The maximum atomic E-state index is 12.7. The minimum atomic E-state index is -1.05. The monoisotopic (exact) mass is 316 g/mol. The van der Waals surface area contributed by atoms with Crippen molar-refractivity contribution in [2.75, 3.05) is 0 Å². The lowest BCUT2D eigenvalue weighted by Crippen LogP contribution is -2.09. The normalized spacial score (nSPS) is 9.83. The van der Waals surface area contributed by atoms with Crippen LogP contribution in [-0.4, -0.2) is 16.1 Å². The number of aromatic amines is 1. The Balaban J connectivity index is 0.000000168. The molecule has 1 aromatic heterocycles. The summed E-state index contributed by atoms with van der Waals surface area (Å²) in [6.07, 6.45) is 0. The fourth-order valence-corrected chi connectivity index (χ4v) is 1.87. The van der Waals surface area contributed by atoms with Crippen LogP contribution in [0.25, 0.3) is 10.9 Å². The minimum Gasteiger partial charge on any atom is -0.478 e. The fourth-order valence-electron chi connectivity index (χ4n) is 1.87. The summed E-state index contributed by atoms with van der Waals surface area (Å²) in [6.45, 7) is 0. The molecule has 6 nitrogen and oxygen atoms in total. The highest BCUT2D eigenvalue weighted by Gasteiger charge is 2.08. The van der Waals surface area contributed by atoms with Crippen LogP contribution in [0.5, 0.6) is 5.75 Å². The number of nitrogens with one attached hydrogen (secondary N) is 1. The predicted molar refractivity (Wildman–Crippen MR) is 82.7 cm³/mol. The number of carboxylic acid groups (broad SMARTS) is 1. The molecule has 0 atom stereocenters. The number of para-hydroxylation sites is 2. The molecular weight excluding hydrogens is 303 g/mol. The molecular formula is C16H13FN2O4. The molecule has 0 aliphatic carbocycles. The van der Waals surface area contributed by atoms with Crippen LogP contribution in [0.1, 0.15) is 10.4 Å². The van der Waals surface area contributed by atoms with Crippen molar-refractivity contribution in [2.45, 2.75) is 0 Å². The molecule has 0 aliphatic rings. The quantitative estimate of drug-likeness (QED) is 0.629. The van der Waals surface area contributed by atoms with Gasteiger partial charge in [0.15, 0.2) is 11.6 Å². The lowest BCUT2D eigenvalue weighted by atomic mass is 10.2. The van der Waals surface area contributed by atoms with Gasteiger partial charge < -0.3 is 14.9 Å². The van der Waals surface area contributed by atoms with Gasteiger partial charge in [-0.1, -0.05) is 30.3 Å². The molecule has 0 unspecified atom stereocenters. The molecule has 3 rings (SSSR count). The number of fused-ring (bicyclic) bond motifs is 1. The molecule has 1 heterocycles. The first-order chi connectivity index (χ1) is 11.0. The molecule has 0 saturated carbocycles. The van der Waals surface area contributed by atoms with Gasteiger partial charge in [-0.25, -0.2) is 9.18 Å². The second kappa shape index (κ2) is 7.19. The van der Waals surface area contributed by atoms with Gasteiger partial charge in [-0.15, -0.1) is 0 Å². The van der Waals surface area contributed by atoms with Gasteiger partial charge in [-0.3, -0.25) is 4.79 Å². The second-order valence-corrected chi connectivity index (χ2v) is 4.45. The van der Waals surface area contributed by atoms with Crippen LogP contribution in [0.15, 0.2) is 59.4 Å². The third kappa shape index (κ3) is 3.92. The number of halogens is 1. The molecule has 0 bridgehead atoms. The SMILES string of the molecule is NOc1ccccc1C(=O)O.O=c1[nH]c2ccccc2cc1F. The Kier molecular flexibility index (Phi) is 5.06. The number of carboxylic acids is 1. The predicted octanol–water partition coefficient (Wildman–Crippen LogP) is 2.30. The minimum absolute atomic E-state index is 0.0648. The Morgan fingerprint density at radius 1 is 1.13 bits per heavy atom. The van der Waals surface area contributed by atoms with Gasteiger partial charge in [0, 0.05) is 10.9 Å². The molecule has 0 saturated heterocycles. The lowest BCUT2D eigenvalue weighted by molar-refractivity contribution is 0.0692. The Morgan fingerprint density at radius 2 is 1.78 bits per heavy atom. The largest absolute Gasteiger partial charge is 0.478 e. The number of benzene rings is 2. The van der Waals surface area contributed by atoms with Gasteiger partial charge in [0.05, 0.1) is 0 Å². The Hall–Kier alpha value is -3.19. The van der Waals surface area contributed by atoms with E-state index in [0.717, 1.165) is 0 Å². The van der Waals surface area contributed by atoms with Crippen LogP contribution < -0.4 is 16.3 Å². The molecule has 0 spiro atoms. The molecule has 0 fully saturated rings. The summed E-state index contributed by atoms with van der Waals surface area (Å²) in [5.41, 5.74) is 0.0487. The van der Waals surface area contributed by atoms with Crippen LogP contribution in [0.3, 0.4) is 0 Å². The van der Waals surface area contributed by atoms with Gasteiger partial charge in [-0.05, 0) is 24.3 Å². The maximum absolute atomic E-state index is 12.7. The average Bonchev–Trinajstić information content (AvgIpc) is 2.56. The second-order valence-electron chi connectivity index (χ2n) is 4.45. The van der Waals surface area contributed by atoms with Gasteiger partial charge in [0.2, 0.25) is 0 Å². The van der Waals surface area contributed by atoms with E-state index in [0.29, 0.717) is 10.9 Å². The van der Waals surface area contributed by atoms with Crippen LogP contribution in [0.2, 0.25) is 0 Å². The van der Waals surface area contributed by atoms with Gasteiger partial charge >= 0.3 is 5.97 Å². The van der Waals surface area contributed by atoms with Crippen molar-refractivity contribution < 1.29 is 19.1 Å². The smallest absolute Gasteiger partial charge is 0.339 e. The molecule has 2 aromatic carbocycles. The number of hydrogen-bond acceptors (Lipinski definition) is 4. The summed E-state index contributed by atoms with van der Waals surface area (Å²) in [7, 11) is 0. The van der Waals surface area contributed by atoms with E-state index >= 15 is 0 Å². The first kappa shape index (κ1) is 16.2. The van der Waals surface area contributed by atoms with E-state index in [4.69, 9.17) is 11.0 Å². The summed E-state index contributed by atoms with van der Waals surface area (Å²) in [4.78, 5) is 28.0. The highest BCUT2D eigenvalue weighted by Crippen LogP contribution is 2.15. The van der Waals surface area contributed by atoms with E-state index in [1.54, 1.807) is 36.4 Å². The van der Waals surface area contributed by atoms with Crippen molar-refractivity contribution in [3.8, 4) is 5.75 Å². The van der Waals surface area contributed by atoms with Crippen LogP contribution in [-0.2, 0) is 0 Å². The van der Waals surface area contributed by atoms with Crippen molar-refractivity contribution in [1.82, 2.24) is 4.98 Å². The molecule has 0 amide bonds. The Morgan fingerprint density at radius 3 is 2.43 bits per heavy atom. The number of pyridine rings is 1. The Labute approximate surface area is 129 Å². The topological polar surface area (TPSA) is 105 Å². The van der Waals surface area contributed by atoms with Crippen LogP contribution in [0, 0.1) is 5.82 Å². The van der Waals surface area contributed by atoms with Crippen LogP contribution >= 0.6 is 0 Å². The third-order valence-electron chi connectivity index (χ3n) is 2.95. The van der Waals surface area contributed by atoms with Crippen molar-refractivity contribution in [2.24, 2.45) is 5.90 Å².